The van der Waals surface area contributed by atoms with E-state index in [1.165, 1.54) is 0 Å². The summed E-state index contributed by atoms with van der Waals surface area (Å²) in [6, 6.07) is -0.308. The van der Waals surface area contributed by atoms with Crippen LogP contribution in [-0.2, 0) is 4.74 Å². The van der Waals surface area contributed by atoms with E-state index >= 15 is 0 Å². The molecule has 2 aliphatic heterocycles. The van der Waals surface area contributed by atoms with Crippen LogP contribution in [0.2, 0.25) is 0 Å². The lowest BCUT2D eigenvalue weighted by Gasteiger charge is -2.33. The van der Waals surface area contributed by atoms with Gasteiger partial charge in [0.2, 0.25) is 0 Å². The van der Waals surface area contributed by atoms with E-state index in [1.807, 2.05) is 0 Å². The summed E-state index contributed by atoms with van der Waals surface area (Å²) in [5.74, 6) is 0.115. The molecule has 1 unspecified atom stereocenters. The number of amidine groups is 1. The molecule has 0 saturated carbocycles. The van der Waals surface area contributed by atoms with Crippen molar-refractivity contribution in [3.05, 3.63) is 0 Å². The predicted molar refractivity (Wildman–Crippen MR) is 60.9 cm³/mol. The van der Waals surface area contributed by atoms with E-state index in [9.17, 15) is 4.79 Å². The Kier molecular flexibility index (Phi) is 3.68. The second kappa shape index (κ2) is 5.22. The van der Waals surface area contributed by atoms with Crippen LogP contribution in [0.4, 0.5) is 4.79 Å². The van der Waals surface area contributed by atoms with E-state index in [1.54, 1.807) is 9.80 Å². The molecule has 0 aromatic rings. The number of carbonyl (C=O) groups excluding carboxylic acids is 1. The number of nitrogens with zero attached hydrogens (tertiary/aromatic N) is 3. The van der Waals surface area contributed by atoms with Gasteiger partial charge >= 0.3 is 6.03 Å². The van der Waals surface area contributed by atoms with Gasteiger partial charge in [-0.2, -0.15) is 0 Å². The zero-order valence-electron chi connectivity index (χ0n) is 9.71. The first-order valence-corrected chi connectivity index (χ1v) is 5.84. The third kappa shape index (κ3) is 2.44. The molecule has 2 heterocycles. The lowest BCUT2D eigenvalue weighted by atomic mass is 10.2. The van der Waals surface area contributed by atoms with Crippen molar-refractivity contribution in [2.45, 2.75) is 18.9 Å². The summed E-state index contributed by atoms with van der Waals surface area (Å²) in [6.45, 7) is 3.04. The number of likely N-dealkylation sites (tertiary alicyclic amines) is 1. The molecule has 0 bridgehead atoms. The highest BCUT2D eigenvalue weighted by atomic mass is 16.5. The summed E-state index contributed by atoms with van der Waals surface area (Å²) >= 11 is 0. The number of hydrogen-bond donors (Lipinski definition) is 2. The number of amides is 2. The van der Waals surface area contributed by atoms with Crippen LogP contribution < -0.4 is 5.73 Å². The average Bonchev–Trinajstić information content (AvgIpc) is 2.87. The van der Waals surface area contributed by atoms with Gasteiger partial charge in [0.05, 0.1) is 19.3 Å². The van der Waals surface area contributed by atoms with Crippen LogP contribution in [-0.4, -0.2) is 65.8 Å². The lowest BCUT2D eigenvalue weighted by Crippen LogP contribution is -2.52. The predicted octanol–water partition coefficient (Wildman–Crippen LogP) is -0.351. The molecule has 7 heteroatoms. The highest BCUT2D eigenvalue weighted by Gasteiger charge is 2.34. The van der Waals surface area contributed by atoms with Crippen molar-refractivity contribution < 1.29 is 14.7 Å². The van der Waals surface area contributed by atoms with Gasteiger partial charge in [0.25, 0.3) is 0 Å². The fourth-order valence-corrected chi connectivity index (χ4v) is 2.31. The topological polar surface area (TPSA) is 91.4 Å². The zero-order valence-corrected chi connectivity index (χ0v) is 9.71. The molecule has 0 aromatic carbocycles. The van der Waals surface area contributed by atoms with Gasteiger partial charge in [-0.1, -0.05) is 5.16 Å². The molecule has 0 aromatic heterocycles. The standard InChI is InChI=1S/C10H18N4O3/c11-9(12-16)8-2-1-3-14(8)10(15)13-4-6-17-7-5-13/h8,16H,1-7H2,(H2,11,12). The van der Waals surface area contributed by atoms with E-state index in [2.05, 4.69) is 5.16 Å². The summed E-state index contributed by atoms with van der Waals surface area (Å²) in [7, 11) is 0. The van der Waals surface area contributed by atoms with Crippen LogP contribution >= 0.6 is 0 Å². The first-order chi connectivity index (χ1) is 8.24. The molecule has 96 valence electrons. The number of rotatable bonds is 1. The number of nitrogens with two attached hydrogens (primary N) is 1. The van der Waals surface area contributed by atoms with Crippen molar-refractivity contribution in [1.29, 1.82) is 0 Å². The lowest BCUT2D eigenvalue weighted by molar-refractivity contribution is 0.0439. The number of carbonyl (C=O) groups is 1. The molecule has 2 saturated heterocycles. The minimum absolute atomic E-state index is 0.0394. The Morgan fingerprint density at radius 1 is 1.35 bits per heavy atom. The molecule has 17 heavy (non-hydrogen) atoms. The van der Waals surface area contributed by atoms with Gasteiger partial charge in [0, 0.05) is 19.6 Å². The van der Waals surface area contributed by atoms with E-state index in [0.29, 0.717) is 32.8 Å². The fourth-order valence-electron chi connectivity index (χ4n) is 2.31. The van der Waals surface area contributed by atoms with Crippen molar-refractivity contribution in [3.63, 3.8) is 0 Å². The third-order valence-electron chi connectivity index (χ3n) is 3.24. The average molecular weight is 242 g/mol. The Balaban J connectivity index is 2.02. The van der Waals surface area contributed by atoms with Crippen LogP contribution in [0.15, 0.2) is 5.16 Å². The quantitative estimate of drug-likeness (QED) is 0.284. The van der Waals surface area contributed by atoms with Crippen LogP contribution in [0, 0.1) is 0 Å². The van der Waals surface area contributed by atoms with Crippen LogP contribution in [0.1, 0.15) is 12.8 Å². The molecule has 0 aliphatic carbocycles. The number of morpholine rings is 1. The Morgan fingerprint density at radius 3 is 2.71 bits per heavy atom. The number of urea groups is 1. The third-order valence-corrected chi connectivity index (χ3v) is 3.24. The van der Waals surface area contributed by atoms with Crippen molar-refractivity contribution in [1.82, 2.24) is 9.80 Å². The second-order valence-corrected chi connectivity index (χ2v) is 4.26. The maximum absolute atomic E-state index is 12.2. The monoisotopic (exact) mass is 242 g/mol. The summed E-state index contributed by atoms with van der Waals surface area (Å²) in [5, 5.41) is 11.7. The summed E-state index contributed by atoms with van der Waals surface area (Å²) in [6.07, 6.45) is 1.64. The molecule has 3 N–H and O–H groups in total. The fraction of sp³-hybridized carbons (Fsp3) is 0.800. The number of oxime groups is 1. The van der Waals surface area contributed by atoms with Gasteiger partial charge in [0.15, 0.2) is 5.84 Å². The highest BCUT2D eigenvalue weighted by Crippen LogP contribution is 2.19. The minimum Gasteiger partial charge on any atom is -0.409 e. The summed E-state index contributed by atoms with van der Waals surface area (Å²) in [5.41, 5.74) is 5.60. The van der Waals surface area contributed by atoms with Crippen molar-refractivity contribution in [3.8, 4) is 0 Å². The van der Waals surface area contributed by atoms with E-state index in [4.69, 9.17) is 15.7 Å². The molecule has 7 nitrogen and oxygen atoms in total. The van der Waals surface area contributed by atoms with Gasteiger partial charge in [-0.3, -0.25) is 0 Å². The van der Waals surface area contributed by atoms with Gasteiger partial charge in [0.1, 0.15) is 0 Å². The first-order valence-electron chi connectivity index (χ1n) is 5.84. The van der Waals surface area contributed by atoms with Crippen LogP contribution in [0.3, 0.4) is 0 Å². The minimum atomic E-state index is -0.268. The molecule has 0 spiro atoms. The molecule has 0 radical (unpaired) electrons. The smallest absolute Gasteiger partial charge is 0.320 e. The van der Waals surface area contributed by atoms with Crippen molar-refractivity contribution >= 4 is 11.9 Å². The van der Waals surface area contributed by atoms with Gasteiger partial charge in [-0.25, -0.2) is 4.79 Å². The summed E-state index contributed by atoms with van der Waals surface area (Å²) in [4.78, 5) is 15.7. The van der Waals surface area contributed by atoms with Gasteiger partial charge in [-0.05, 0) is 12.8 Å². The maximum atomic E-state index is 12.2. The Labute approximate surface area is 99.8 Å². The Bertz CT molecular complexity index is 315. The van der Waals surface area contributed by atoms with Gasteiger partial charge in [-0.15, -0.1) is 0 Å². The molecule has 2 amide bonds. The molecule has 2 aliphatic rings. The Hall–Kier alpha value is -1.50. The first kappa shape index (κ1) is 12.0. The molecule has 1 atom stereocenters. The number of hydrogen-bond acceptors (Lipinski definition) is 4. The van der Waals surface area contributed by atoms with Gasteiger partial charge < -0.3 is 25.5 Å². The van der Waals surface area contributed by atoms with Crippen molar-refractivity contribution in [2.24, 2.45) is 10.9 Å². The molecule has 2 rings (SSSR count). The molecule has 2 fully saturated rings. The summed E-state index contributed by atoms with van der Waals surface area (Å²) < 4.78 is 5.21. The van der Waals surface area contributed by atoms with Crippen LogP contribution in [0.5, 0.6) is 0 Å². The SMILES string of the molecule is NC(=NO)C1CCCN1C(=O)N1CCOCC1. The largest absolute Gasteiger partial charge is 0.409 e. The van der Waals surface area contributed by atoms with Crippen molar-refractivity contribution in [2.75, 3.05) is 32.8 Å². The maximum Gasteiger partial charge on any atom is 0.320 e. The number of ether oxygens (including phenoxy) is 1. The Morgan fingerprint density at radius 2 is 2.06 bits per heavy atom. The highest BCUT2D eigenvalue weighted by molar-refractivity contribution is 5.90. The van der Waals surface area contributed by atoms with E-state index in [0.717, 1.165) is 12.8 Å². The second-order valence-electron chi connectivity index (χ2n) is 4.26. The van der Waals surface area contributed by atoms with Crippen LogP contribution in [0.25, 0.3) is 0 Å². The van der Waals surface area contributed by atoms with E-state index < -0.39 is 0 Å². The molecular weight excluding hydrogens is 224 g/mol. The normalized spacial score (nSPS) is 26.4. The zero-order chi connectivity index (χ0) is 12.3. The molecular formula is C10H18N4O3. The van der Waals surface area contributed by atoms with E-state index in [-0.39, 0.29) is 17.9 Å².